The van der Waals surface area contributed by atoms with E-state index in [2.05, 4.69) is 5.32 Å². The van der Waals surface area contributed by atoms with Crippen LogP contribution in [0.1, 0.15) is 10.4 Å². The summed E-state index contributed by atoms with van der Waals surface area (Å²) in [7, 11) is 1.89. The number of ketones is 1. The van der Waals surface area contributed by atoms with E-state index in [1.807, 2.05) is 30.3 Å². The maximum atomic E-state index is 11.8. The van der Waals surface area contributed by atoms with Crippen LogP contribution in [0.4, 0.5) is 5.69 Å². The molecule has 3 N–H and O–H groups in total. The van der Waals surface area contributed by atoms with Gasteiger partial charge in [0.2, 0.25) is 6.33 Å². The topological polar surface area (TPSA) is 81.0 Å². The second-order valence-electron chi connectivity index (χ2n) is 4.50. The highest BCUT2D eigenvalue weighted by molar-refractivity contribution is 5.98. The molecule has 1 heterocycles. The van der Waals surface area contributed by atoms with E-state index in [9.17, 15) is 9.59 Å². The lowest BCUT2D eigenvalue weighted by atomic mass is 10.1. The van der Waals surface area contributed by atoms with Crippen LogP contribution in [0.2, 0.25) is 0 Å². The third-order valence-corrected chi connectivity index (χ3v) is 2.83. The van der Waals surface area contributed by atoms with Crippen LogP contribution in [0, 0.1) is 0 Å². The number of rotatable bonds is 5. The zero-order valence-electron chi connectivity index (χ0n) is 11.2. The zero-order chi connectivity index (χ0) is 14.5. The Morgan fingerprint density at radius 3 is 2.55 bits per heavy atom. The first kappa shape index (κ1) is 14.0. The van der Waals surface area contributed by atoms with Crippen LogP contribution in [0.15, 0.2) is 43.0 Å². The molecule has 1 aromatic carbocycles. The summed E-state index contributed by atoms with van der Waals surface area (Å²) < 4.78 is 3.64. The number of Topliss-reactive ketones (excluding diaryl/α,β-unsaturated/α-hetero) is 1. The van der Waals surface area contributed by atoms with Gasteiger partial charge in [-0.05, 0) is 24.3 Å². The molecule has 104 valence electrons. The summed E-state index contributed by atoms with van der Waals surface area (Å²) in [6, 6.07) is 6.69. The van der Waals surface area contributed by atoms with Gasteiger partial charge in [-0.2, -0.15) is 0 Å². The van der Waals surface area contributed by atoms with E-state index in [1.165, 1.54) is 0 Å². The van der Waals surface area contributed by atoms with Crippen molar-refractivity contribution in [2.75, 3.05) is 11.9 Å². The molecule has 0 spiro atoms. The van der Waals surface area contributed by atoms with Crippen molar-refractivity contribution in [2.24, 2.45) is 12.8 Å². The van der Waals surface area contributed by atoms with E-state index in [1.54, 1.807) is 28.8 Å². The molecule has 1 amide bonds. The molecule has 6 heteroatoms. The number of aromatic nitrogens is 2. The first-order valence-corrected chi connectivity index (χ1v) is 6.22. The SMILES string of the molecule is C[n+]1ccn(CC(=O)Nc2ccc(C(=O)CN)cc2)c1. The van der Waals surface area contributed by atoms with Crippen molar-refractivity contribution in [3.63, 3.8) is 0 Å². The molecule has 20 heavy (non-hydrogen) atoms. The van der Waals surface area contributed by atoms with Crippen LogP contribution in [-0.2, 0) is 18.4 Å². The maximum Gasteiger partial charge on any atom is 0.266 e. The van der Waals surface area contributed by atoms with Gasteiger partial charge in [0.25, 0.3) is 5.91 Å². The van der Waals surface area contributed by atoms with Crippen LogP contribution in [0.3, 0.4) is 0 Å². The van der Waals surface area contributed by atoms with Gasteiger partial charge in [0.15, 0.2) is 12.3 Å². The van der Waals surface area contributed by atoms with Gasteiger partial charge in [0, 0.05) is 11.3 Å². The Labute approximate surface area is 116 Å². The van der Waals surface area contributed by atoms with Crippen LogP contribution in [0.25, 0.3) is 0 Å². The monoisotopic (exact) mass is 273 g/mol. The average Bonchev–Trinajstić information content (AvgIpc) is 2.84. The molecule has 0 fully saturated rings. The van der Waals surface area contributed by atoms with Gasteiger partial charge >= 0.3 is 0 Å². The highest BCUT2D eigenvalue weighted by Crippen LogP contribution is 2.10. The number of imidazole rings is 1. The van der Waals surface area contributed by atoms with E-state index in [0.717, 1.165) is 0 Å². The molecule has 0 saturated heterocycles. The van der Waals surface area contributed by atoms with Crippen molar-refractivity contribution in [3.05, 3.63) is 48.5 Å². The fourth-order valence-corrected chi connectivity index (χ4v) is 1.82. The smallest absolute Gasteiger partial charge is 0.266 e. The van der Waals surface area contributed by atoms with Gasteiger partial charge in [-0.3, -0.25) is 9.59 Å². The number of carbonyl (C=O) groups excluding carboxylic acids is 2. The number of anilines is 1. The van der Waals surface area contributed by atoms with Crippen molar-refractivity contribution in [1.82, 2.24) is 4.57 Å². The van der Waals surface area contributed by atoms with Crippen LogP contribution < -0.4 is 15.6 Å². The number of nitrogens with two attached hydrogens (primary N) is 1. The van der Waals surface area contributed by atoms with Gasteiger partial charge in [-0.15, -0.1) is 0 Å². The number of benzene rings is 1. The maximum absolute atomic E-state index is 11.8. The molecule has 0 aliphatic heterocycles. The predicted octanol–water partition coefficient (Wildman–Crippen LogP) is 0.0927. The van der Waals surface area contributed by atoms with Gasteiger partial charge in [-0.1, -0.05) is 0 Å². The Bertz CT molecular complexity index is 616. The number of hydrogen-bond acceptors (Lipinski definition) is 3. The van der Waals surface area contributed by atoms with Crippen molar-refractivity contribution in [1.29, 1.82) is 0 Å². The fraction of sp³-hybridized carbons (Fsp3) is 0.214. The number of carbonyl (C=O) groups is 2. The number of nitrogens with one attached hydrogen (secondary N) is 1. The Balaban J connectivity index is 1.96. The lowest BCUT2D eigenvalue weighted by molar-refractivity contribution is -0.671. The summed E-state index contributed by atoms with van der Waals surface area (Å²) in [6.45, 7) is 0.223. The summed E-state index contributed by atoms with van der Waals surface area (Å²) >= 11 is 0. The van der Waals surface area contributed by atoms with E-state index >= 15 is 0 Å². The largest absolute Gasteiger partial charge is 0.324 e. The molecule has 2 rings (SSSR count). The van der Waals surface area contributed by atoms with E-state index in [0.29, 0.717) is 11.3 Å². The summed E-state index contributed by atoms with van der Waals surface area (Å²) in [5, 5.41) is 2.77. The van der Waals surface area contributed by atoms with Crippen molar-refractivity contribution in [3.8, 4) is 0 Å². The minimum Gasteiger partial charge on any atom is -0.324 e. The molecule has 0 bridgehead atoms. The third kappa shape index (κ3) is 3.52. The Hall–Kier alpha value is -2.47. The van der Waals surface area contributed by atoms with Crippen LogP contribution in [-0.4, -0.2) is 22.8 Å². The number of aryl methyl sites for hydroxylation is 1. The number of amides is 1. The Kier molecular flexibility index (Phi) is 4.27. The lowest BCUT2D eigenvalue weighted by Crippen LogP contribution is -2.25. The average molecular weight is 273 g/mol. The van der Waals surface area contributed by atoms with Gasteiger partial charge in [-0.25, -0.2) is 9.13 Å². The Morgan fingerprint density at radius 1 is 1.30 bits per heavy atom. The molecule has 2 aromatic rings. The van der Waals surface area contributed by atoms with Gasteiger partial charge < -0.3 is 11.1 Å². The fourth-order valence-electron chi connectivity index (χ4n) is 1.82. The molecule has 1 aromatic heterocycles. The standard InChI is InChI=1S/C14H16N4O2/c1-17-6-7-18(10-17)9-14(20)16-12-4-2-11(3-5-12)13(19)8-15/h2-7,10H,8-9,15H2,1H3/p+1. The highest BCUT2D eigenvalue weighted by Gasteiger charge is 2.09. The van der Waals surface area contributed by atoms with Gasteiger partial charge in [0.05, 0.1) is 13.6 Å². The second-order valence-corrected chi connectivity index (χ2v) is 4.50. The summed E-state index contributed by atoms with van der Waals surface area (Å²) in [5.74, 6) is -0.248. The van der Waals surface area contributed by atoms with E-state index in [-0.39, 0.29) is 24.8 Å². The molecule has 0 radical (unpaired) electrons. The first-order chi connectivity index (χ1) is 9.58. The minimum absolute atomic E-state index is 0.0175. The van der Waals surface area contributed by atoms with Crippen molar-refractivity contribution in [2.45, 2.75) is 6.54 Å². The normalized spacial score (nSPS) is 10.3. The van der Waals surface area contributed by atoms with Gasteiger partial charge in [0.1, 0.15) is 12.4 Å². The number of hydrogen-bond donors (Lipinski definition) is 2. The quantitative estimate of drug-likeness (QED) is 0.598. The van der Waals surface area contributed by atoms with Crippen LogP contribution in [0.5, 0.6) is 0 Å². The molecular weight excluding hydrogens is 256 g/mol. The summed E-state index contributed by atoms with van der Waals surface area (Å²) in [5.41, 5.74) is 6.48. The molecular formula is C14H17N4O2+. The molecule has 0 saturated carbocycles. The molecule has 0 unspecified atom stereocenters. The summed E-state index contributed by atoms with van der Waals surface area (Å²) in [4.78, 5) is 23.2. The van der Waals surface area contributed by atoms with Crippen molar-refractivity contribution >= 4 is 17.4 Å². The molecule has 0 aliphatic carbocycles. The highest BCUT2D eigenvalue weighted by atomic mass is 16.2. The minimum atomic E-state index is -0.126. The van der Waals surface area contributed by atoms with Crippen LogP contribution >= 0.6 is 0 Å². The Morgan fingerprint density at radius 2 is 2.00 bits per heavy atom. The molecule has 6 nitrogen and oxygen atoms in total. The molecule has 0 atom stereocenters. The second kappa shape index (κ2) is 6.12. The third-order valence-electron chi connectivity index (χ3n) is 2.83. The first-order valence-electron chi connectivity index (χ1n) is 6.22. The zero-order valence-corrected chi connectivity index (χ0v) is 11.2. The predicted molar refractivity (Wildman–Crippen MR) is 74.1 cm³/mol. The summed E-state index contributed by atoms with van der Waals surface area (Å²) in [6.07, 6.45) is 5.51. The number of nitrogens with zero attached hydrogens (tertiary/aromatic N) is 2. The van der Waals surface area contributed by atoms with E-state index < -0.39 is 0 Å². The van der Waals surface area contributed by atoms with E-state index in [4.69, 9.17) is 5.73 Å². The van der Waals surface area contributed by atoms with Crippen molar-refractivity contribution < 1.29 is 14.2 Å². The lowest BCUT2D eigenvalue weighted by Gasteiger charge is -2.04. The molecule has 0 aliphatic rings.